The van der Waals surface area contributed by atoms with Gasteiger partial charge in [0.25, 0.3) is 11.8 Å². The van der Waals surface area contributed by atoms with Gasteiger partial charge >= 0.3 is 0 Å². The zero-order valence-corrected chi connectivity index (χ0v) is 14.2. The third kappa shape index (κ3) is 4.02. The molecule has 6 nitrogen and oxygen atoms in total. The van der Waals surface area contributed by atoms with Crippen LogP contribution in [0.25, 0.3) is 0 Å². The topological polar surface area (TPSA) is 65.5 Å². The average molecular weight is 360 g/mol. The minimum absolute atomic E-state index is 0.115. The number of halogens is 2. The third-order valence-corrected chi connectivity index (χ3v) is 4.22. The third-order valence-electron chi connectivity index (χ3n) is 4.22. The first kappa shape index (κ1) is 17.9. The monoisotopic (exact) mass is 360 g/mol. The number of carbonyl (C=O) groups excluding carboxylic acids is 2. The van der Waals surface area contributed by atoms with Gasteiger partial charge in [-0.3, -0.25) is 14.6 Å². The number of nitrogens with one attached hydrogen (secondary N) is 1. The predicted octanol–water partition coefficient (Wildman–Crippen LogP) is 2.00. The van der Waals surface area contributed by atoms with Gasteiger partial charge in [-0.15, -0.1) is 0 Å². The molecule has 0 atom stereocenters. The summed E-state index contributed by atoms with van der Waals surface area (Å²) in [5, 5.41) is 2.46. The largest absolute Gasteiger partial charge is 0.336 e. The van der Waals surface area contributed by atoms with Gasteiger partial charge in [0.1, 0.15) is 0 Å². The van der Waals surface area contributed by atoms with E-state index in [1.807, 2.05) is 7.05 Å². The number of amides is 2. The number of piperazine rings is 1. The highest BCUT2D eigenvalue weighted by Gasteiger charge is 2.21. The smallest absolute Gasteiger partial charge is 0.257 e. The van der Waals surface area contributed by atoms with Gasteiger partial charge in [-0.05, 0) is 25.2 Å². The molecule has 8 heteroatoms. The summed E-state index contributed by atoms with van der Waals surface area (Å²) in [6.45, 7) is 2.80. The molecule has 1 N–H and O–H groups in total. The molecule has 0 aliphatic carbocycles. The van der Waals surface area contributed by atoms with Gasteiger partial charge < -0.3 is 15.1 Å². The molecule has 2 amide bonds. The molecular weight excluding hydrogens is 342 g/mol. The molecule has 1 aliphatic rings. The van der Waals surface area contributed by atoms with Crippen molar-refractivity contribution in [1.82, 2.24) is 14.8 Å². The number of hydrogen-bond acceptors (Lipinski definition) is 4. The molecule has 3 rings (SSSR count). The number of likely N-dealkylation sites (N-methyl/N-ethyl adjacent to an activating group) is 1. The summed E-state index contributed by atoms with van der Waals surface area (Å²) in [6, 6.07) is 4.52. The summed E-state index contributed by atoms with van der Waals surface area (Å²) in [6.07, 6.45) is 2.73. The zero-order chi connectivity index (χ0) is 18.7. The second-order valence-corrected chi connectivity index (χ2v) is 6.14. The second-order valence-electron chi connectivity index (χ2n) is 6.14. The molecule has 2 heterocycles. The van der Waals surface area contributed by atoms with Crippen LogP contribution in [0.4, 0.5) is 14.5 Å². The van der Waals surface area contributed by atoms with Crippen molar-refractivity contribution in [3.05, 3.63) is 59.4 Å². The van der Waals surface area contributed by atoms with Crippen LogP contribution in [-0.2, 0) is 0 Å². The second kappa shape index (κ2) is 7.57. The maximum atomic E-state index is 13.2. The highest BCUT2D eigenvalue weighted by atomic mass is 19.2. The Morgan fingerprint density at radius 2 is 1.69 bits per heavy atom. The van der Waals surface area contributed by atoms with Crippen molar-refractivity contribution in [3.63, 3.8) is 0 Å². The van der Waals surface area contributed by atoms with Crippen LogP contribution < -0.4 is 5.32 Å². The van der Waals surface area contributed by atoms with Crippen LogP contribution in [0.2, 0.25) is 0 Å². The lowest BCUT2D eigenvalue weighted by atomic mass is 10.1. The number of benzene rings is 1. The molecule has 0 saturated carbocycles. The van der Waals surface area contributed by atoms with E-state index in [4.69, 9.17) is 0 Å². The van der Waals surface area contributed by atoms with Crippen LogP contribution in [0.3, 0.4) is 0 Å². The molecule has 2 aromatic rings. The van der Waals surface area contributed by atoms with E-state index in [0.717, 1.165) is 25.2 Å². The van der Waals surface area contributed by atoms with E-state index in [0.29, 0.717) is 18.7 Å². The Labute approximate surface area is 149 Å². The van der Waals surface area contributed by atoms with E-state index in [1.165, 1.54) is 24.5 Å². The number of pyridine rings is 1. The Hall–Kier alpha value is -2.87. The number of hydrogen-bond donors (Lipinski definition) is 1. The lowest BCUT2D eigenvalue weighted by Gasteiger charge is -2.32. The molecule has 0 radical (unpaired) electrons. The summed E-state index contributed by atoms with van der Waals surface area (Å²) in [7, 11) is 1.99. The Balaban J connectivity index is 1.72. The number of rotatable bonds is 3. The van der Waals surface area contributed by atoms with Gasteiger partial charge in [-0.25, -0.2) is 8.78 Å². The quantitative estimate of drug-likeness (QED) is 0.909. The molecule has 136 valence electrons. The maximum Gasteiger partial charge on any atom is 0.257 e. The SMILES string of the molecule is CN1CCN(C(=O)c2cncc(C(=O)Nc3ccc(F)c(F)c3)c2)CC1. The Morgan fingerprint density at radius 3 is 2.38 bits per heavy atom. The lowest BCUT2D eigenvalue weighted by molar-refractivity contribution is 0.0663. The first-order valence-electron chi connectivity index (χ1n) is 8.13. The summed E-state index contributed by atoms with van der Waals surface area (Å²) < 4.78 is 26.2. The van der Waals surface area contributed by atoms with Gasteiger partial charge in [0.15, 0.2) is 11.6 Å². The van der Waals surface area contributed by atoms with Gasteiger partial charge in [0.05, 0.1) is 11.1 Å². The minimum atomic E-state index is -1.06. The fraction of sp³-hybridized carbons (Fsp3) is 0.278. The average Bonchev–Trinajstić information content (AvgIpc) is 2.65. The van der Waals surface area contributed by atoms with E-state index < -0.39 is 17.5 Å². The fourth-order valence-electron chi connectivity index (χ4n) is 2.65. The van der Waals surface area contributed by atoms with Crippen LogP contribution in [0.5, 0.6) is 0 Å². The van der Waals surface area contributed by atoms with Crippen molar-refractivity contribution in [2.45, 2.75) is 0 Å². The highest BCUT2D eigenvalue weighted by molar-refractivity contribution is 6.05. The predicted molar refractivity (Wildman–Crippen MR) is 91.9 cm³/mol. The van der Waals surface area contributed by atoms with Crippen LogP contribution >= 0.6 is 0 Å². The van der Waals surface area contributed by atoms with E-state index in [1.54, 1.807) is 4.90 Å². The van der Waals surface area contributed by atoms with Crippen molar-refractivity contribution in [3.8, 4) is 0 Å². The Bertz CT molecular complexity index is 836. The minimum Gasteiger partial charge on any atom is -0.336 e. The van der Waals surface area contributed by atoms with Gasteiger partial charge in [-0.2, -0.15) is 0 Å². The lowest BCUT2D eigenvalue weighted by Crippen LogP contribution is -2.47. The van der Waals surface area contributed by atoms with Gasteiger partial charge in [0.2, 0.25) is 0 Å². The molecule has 0 spiro atoms. The number of carbonyl (C=O) groups is 2. The first-order valence-corrected chi connectivity index (χ1v) is 8.13. The van der Waals surface area contributed by atoms with Crippen molar-refractivity contribution < 1.29 is 18.4 Å². The van der Waals surface area contributed by atoms with Crippen molar-refractivity contribution >= 4 is 17.5 Å². The number of nitrogens with zero attached hydrogens (tertiary/aromatic N) is 3. The zero-order valence-electron chi connectivity index (χ0n) is 14.2. The van der Waals surface area contributed by atoms with Crippen LogP contribution in [0.15, 0.2) is 36.7 Å². The molecule has 1 aromatic carbocycles. The molecule has 0 unspecified atom stereocenters. The van der Waals surface area contributed by atoms with E-state index in [-0.39, 0.29) is 17.2 Å². The summed E-state index contributed by atoms with van der Waals surface area (Å²) >= 11 is 0. The number of anilines is 1. The summed E-state index contributed by atoms with van der Waals surface area (Å²) in [5.41, 5.74) is 0.590. The van der Waals surface area contributed by atoms with Crippen molar-refractivity contribution in [2.75, 3.05) is 38.5 Å². The van der Waals surface area contributed by atoms with E-state index in [9.17, 15) is 18.4 Å². The molecule has 26 heavy (non-hydrogen) atoms. The van der Waals surface area contributed by atoms with E-state index in [2.05, 4.69) is 15.2 Å². The summed E-state index contributed by atoms with van der Waals surface area (Å²) in [4.78, 5) is 32.7. The molecule has 1 aliphatic heterocycles. The van der Waals surface area contributed by atoms with Crippen molar-refractivity contribution in [1.29, 1.82) is 0 Å². The normalized spacial score (nSPS) is 15.0. The standard InChI is InChI=1S/C18H18F2N4O2/c1-23-4-6-24(7-5-23)18(26)13-8-12(10-21-11-13)17(25)22-14-2-3-15(19)16(20)9-14/h2-3,8-11H,4-7H2,1H3,(H,22,25). The van der Waals surface area contributed by atoms with Gasteiger partial charge in [0, 0.05) is 50.3 Å². The molecular formula is C18H18F2N4O2. The fourth-order valence-corrected chi connectivity index (χ4v) is 2.65. The van der Waals surface area contributed by atoms with Gasteiger partial charge in [-0.1, -0.05) is 0 Å². The summed E-state index contributed by atoms with van der Waals surface area (Å²) in [5.74, 6) is -2.80. The Morgan fingerprint density at radius 1 is 1.00 bits per heavy atom. The number of aromatic nitrogens is 1. The molecule has 1 fully saturated rings. The first-order chi connectivity index (χ1) is 12.4. The van der Waals surface area contributed by atoms with Crippen LogP contribution in [0, 0.1) is 11.6 Å². The molecule has 0 bridgehead atoms. The van der Waals surface area contributed by atoms with Crippen LogP contribution in [0.1, 0.15) is 20.7 Å². The Kier molecular flexibility index (Phi) is 5.22. The van der Waals surface area contributed by atoms with E-state index >= 15 is 0 Å². The highest BCUT2D eigenvalue weighted by Crippen LogP contribution is 2.15. The van der Waals surface area contributed by atoms with Crippen LogP contribution in [-0.4, -0.2) is 59.8 Å². The molecule has 1 saturated heterocycles. The maximum absolute atomic E-state index is 13.2. The molecule has 1 aromatic heterocycles. The van der Waals surface area contributed by atoms with Crippen molar-refractivity contribution in [2.24, 2.45) is 0 Å².